The van der Waals surface area contributed by atoms with E-state index < -0.39 is 0 Å². The summed E-state index contributed by atoms with van der Waals surface area (Å²) in [5.74, 6) is -0.171. The van der Waals surface area contributed by atoms with Crippen LogP contribution in [0.15, 0.2) is 34.2 Å². The van der Waals surface area contributed by atoms with E-state index in [0.717, 1.165) is 5.56 Å². The fourth-order valence-electron chi connectivity index (χ4n) is 2.57. The maximum absolute atomic E-state index is 12.4. The van der Waals surface area contributed by atoms with Crippen molar-refractivity contribution in [3.8, 4) is 5.88 Å². The zero-order chi connectivity index (χ0) is 16.7. The Bertz CT molecular complexity index is 915. The molecule has 0 aliphatic carbocycles. The third-order valence-electron chi connectivity index (χ3n) is 3.95. The van der Waals surface area contributed by atoms with Crippen molar-refractivity contribution >= 4 is 29.5 Å². The molecule has 2 N–H and O–H groups in total. The van der Waals surface area contributed by atoms with Crippen molar-refractivity contribution in [1.82, 2.24) is 14.6 Å². The van der Waals surface area contributed by atoms with Gasteiger partial charge in [-0.15, -0.1) is 0 Å². The number of aromatic nitrogens is 2. The van der Waals surface area contributed by atoms with Crippen LogP contribution in [0.4, 0.5) is 0 Å². The van der Waals surface area contributed by atoms with Crippen LogP contribution >= 0.6 is 23.8 Å². The average Bonchev–Trinajstić information content (AvgIpc) is 3.01. The van der Waals surface area contributed by atoms with E-state index in [1.807, 2.05) is 12.1 Å². The van der Waals surface area contributed by atoms with Crippen molar-refractivity contribution in [2.24, 2.45) is 19.2 Å². The fraction of sp³-hybridized carbons (Fsp3) is 0.267. The Labute approximate surface area is 142 Å². The molecule has 8 heteroatoms. The van der Waals surface area contributed by atoms with Crippen LogP contribution in [0.5, 0.6) is 5.88 Å². The average molecular weight is 351 g/mol. The molecule has 1 aromatic carbocycles. The molecule has 1 aromatic heterocycles. The molecule has 1 aliphatic rings. The smallest absolute Gasteiger partial charge is 0.267 e. The SMILES string of the molecule is Cn1c(O)c(C2=NN[C@H](c3ccc(Cl)cc3)C2)c(=O)n(C)c1=S. The van der Waals surface area contributed by atoms with Crippen molar-refractivity contribution in [3.63, 3.8) is 0 Å². The van der Waals surface area contributed by atoms with Crippen LogP contribution in [0, 0.1) is 4.77 Å². The number of hydrogen-bond donors (Lipinski definition) is 2. The Morgan fingerprint density at radius 3 is 2.61 bits per heavy atom. The minimum absolute atomic E-state index is 0.0696. The largest absolute Gasteiger partial charge is 0.494 e. The first kappa shape index (κ1) is 15.8. The zero-order valence-electron chi connectivity index (χ0n) is 12.6. The summed E-state index contributed by atoms with van der Waals surface area (Å²) < 4.78 is 2.96. The molecule has 6 nitrogen and oxygen atoms in total. The summed E-state index contributed by atoms with van der Waals surface area (Å²) in [6, 6.07) is 7.35. The molecule has 2 aromatic rings. The van der Waals surface area contributed by atoms with Gasteiger partial charge in [-0.25, -0.2) is 0 Å². The van der Waals surface area contributed by atoms with Crippen molar-refractivity contribution in [2.75, 3.05) is 0 Å². The van der Waals surface area contributed by atoms with Crippen molar-refractivity contribution < 1.29 is 5.11 Å². The molecule has 3 rings (SSSR count). The lowest BCUT2D eigenvalue weighted by Crippen LogP contribution is -2.28. The number of nitrogens with zero attached hydrogens (tertiary/aromatic N) is 3. The van der Waals surface area contributed by atoms with Gasteiger partial charge in [0, 0.05) is 25.5 Å². The Hall–Kier alpha value is -2.12. The van der Waals surface area contributed by atoms with Gasteiger partial charge in [-0.05, 0) is 29.9 Å². The number of rotatable bonds is 2. The molecule has 1 atom stereocenters. The molecule has 120 valence electrons. The number of hydrazone groups is 1. The molecule has 0 fully saturated rings. The lowest BCUT2D eigenvalue weighted by atomic mass is 10.00. The highest BCUT2D eigenvalue weighted by molar-refractivity contribution is 7.71. The first-order valence-corrected chi connectivity index (χ1v) is 7.75. The lowest BCUT2D eigenvalue weighted by Gasteiger charge is -2.12. The number of hydrogen-bond acceptors (Lipinski definition) is 5. The second-order valence-electron chi connectivity index (χ2n) is 5.40. The highest BCUT2D eigenvalue weighted by Crippen LogP contribution is 2.27. The van der Waals surface area contributed by atoms with Gasteiger partial charge in [0.05, 0.1) is 11.8 Å². The standard InChI is InChI=1S/C15H15ClN4O2S/c1-19-13(21)12(14(22)20(2)15(19)23)11-7-10(17-18-11)8-3-5-9(16)6-4-8/h3-6,10,17,21H,7H2,1-2H3/t10-/m0/s1. The van der Waals surface area contributed by atoms with E-state index in [1.165, 1.54) is 9.13 Å². The van der Waals surface area contributed by atoms with E-state index in [-0.39, 0.29) is 27.8 Å². The van der Waals surface area contributed by atoms with Crippen molar-refractivity contribution in [1.29, 1.82) is 0 Å². The molecular formula is C15H15ClN4O2S. The van der Waals surface area contributed by atoms with Crippen LogP contribution in [0.2, 0.25) is 5.02 Å². The Kier molecular flexibility index (Phi) is 3.99. The number of halogens is 1. The molecule has 0 saturated carbocycles. The van der Waals surface area contributed by atoms with Gasteiger partial charge in [-0.3, -0.25) is 13.9 Å². The van der Waals surface area contributed by atoms with E-state index >= 15 is 0 Å². The van der Waals surface area contributed by atoms with Gasteiger partial charge in [-0.1, -0.05) is 23.7 Å². The maximum atomic E-state index is 12.4. The van der Waals surface area contributed by atoms with Crippen LogP contribution in [0.3, 0.4) is 0 Å². The molecule has 0 spiro atoms. The second kappa shape index (κ2) is 5.82. The van der Waals surface area contributed by atoms with E-state index in [1.54, 1.807) is 26.2 Å². The molecule has 0 bridgehead atoms. The predicted octanol–water partition coefficient (Wildman–Crippen LogP) is 2.25. The highest BCUT2D eigenvalue weighted by Gasteiger charge is 2.27. The van der Waals surface area contributed by atoms with E-state index in [0.29, 0.717) is 17.2 Å². The van der Waals surface area contributed by atoms with Crippen LogP contribution < -0.4 is 11.0 Å². The Balaban J connectivity index is 1.98. The molecule has 1 aliphatic heterocycles. The summed E-state index contributed by atoms with van der Waals surface area (Å²) in [5.41, 5.74) is 4.33. The van der Waals surface area contributed by atoms with Gasteiger partial charge in [0.25, 0.3) is 5.56 Å². The molecule has 23 heavy (non-hydrogen) atoms. The molecule has 0 saturated heterocycles. The molecule has 2 heterocycles. The van der Waals surface area contributed by atoms with Crippen molar-refractivity contribution in [3.05, 3.63) is 55.5 Å². The van der Waals surface area contributed by atoms with Gasteiger partial charge < -0.3 is 10.5 Å². The van der Waals surface area contributed by atoms with Crippen molar-refractivity contribution in [2.45, 2.75) is 12.5 Å². The Morgan fingerprint density at radius 2 is 1.96 bits per heavy atom. The summed E-state index contributed by atoms with van der Waals surface area (Å²) >= 11 is 11.0. The third kappa shape index (κ3) is 2.66. The van der Waals surface area contributed by atoms with Gasteiger partial charge in [-0.2, -0.15) is 5.10 Å². The van der Waals surface area contributed by atoms with Crippen LogP contribution in [-0.4, -0.2) is 20.0 Å². The molecule has 0 unspecified atom stereocenters. The van der Waals surface area contributed by atoms with Crippen LogP contribution in [-0.2, 0) is 14.1 Å². The van der Waals surface area contributed by atoms with Gasteiger partial charge >= 0.3 is 0 Å². The maximum Gasteiger partial charge on any atom is 0.267 e. The summed E-state index contributed by atoms with van der Waals surface area (Å²) in [6.07, 6.45) is 0.487. The number of aromatic hydroxyl groups is 1. The molecule has 0 amide bonds. The van der Waals surface area contributed by atoms with Crippen LogP contribution in [0.1, 0.15) is 23.6 Å². The Morgan fingerprint density at radius 1 is 1.30 bits per heavy atom. The third-order valence-corrected chi connectivity index (χ3v) is 4.75. The highest BCUT2D eigenvalue weighted by atomic mass is 35.5. The fourth-order valence-corrected chi connectivity index (χ4v) is 2.87. The van der Waals surface area contributed by atoms with E-state index in [4.69, 9.17) is 23.8 Å². The predicted molar refractivity (Wildman–Crippen MR) is 91.6 cm³/mol. The van der Waals surface area contributed by atoms with Crippen LogP contribution in [0.25, 0.3) is 0 Å². The number of nitrogens with one attached hydrogen (secondary N) is 1. The summed E-state index contributed by atoms with van der Waals surface area (Å²) in [4.78, 5) is 12.4. The first-order valence-electron chi connectivity index (χ1n) is 6.97. The molecule has 0 radical (unpaired) electrons. The summed E-state index contributed by atoms with van der Waals surface area (Å²) in [5, 5.41) is 15.2. The van der Waals surface area contributed by atoms with Gasteiger partial charge in [0.2, 0.25) is 5.88 Å². The van der Waals surface area contributed by atoms with Gasteiger partial charge in [0.15, 0.2) is 4.77 Å². The second-order valence-corrected chi connectivity index (χ2v) is 6.20. The lowest BCUT2D eigenvalue weighted by molar-refractivity contribution is 0.414. The van der Waals surface area contributed by atoms with E-state index in [2.05, 4.69) is 10.5 Å². The van der Waals surface area contributed by atoms with Gasteiger partial charge in [0.1, 0.15) is 5.56 Å². The quantitative estimate of drug-likeness (QED) is 0.815. The zero-order valence-corrected chi connectivity index (χ0v) is 14.1. The van der Waals surface area contributed by atoms with E-state index in [9.17, 15) is 9.90 Å². The summed E-state index contributed by atoms with van der Waals surface area (Å²) in [6.45, 7) is 0. The minimum Gasteiger partial charge on any atom is -0.494 e. The first-order chi connectivity index (χ1) is 10.9. The monoisotopic (exact) mass is 350 g/mol. The summed E-state index contributed by atoms with van der Waals surface area (Å²) in [7, 11) is 3.19. The minimum atomic E-state index is -0.358. The molecular weight excluding hydrogens is 336 g/mol. The topological polar surface area (TPSA) is 71.6 Å². The normalized spacial score (nSPS) is 17.0. The number of benzene rings is 1.